The molecule has 1 aromatic rings. The van der Waals surface area contributed by atoms with Gasteiger partial charge in [-0.15, -0.1) is 0 Å². The van der Waals surface area contributed by atoms with Crippen LogP contribution in [0.3, 0.4) is 0 Å². The van der Waals surface area contributed by atoms with E-state index in [0.29, 0.717) is 0 Å². The number of sulfone groups is 1. The van der Waals surface area contributed by atoms with Crippen LogP contribution in [0.4, 0.5) is 0 Å². The van der Waals surface area contributed by atoms with E-state index in [4.69, 9.17) is 0 Å². The van der Waals surface area contributed by atoms with Crippen molar-refractivity contribution in [3.05, 3.63) is 35.4 Å². The maximum atomic E-state index is 12.0. The fourth-order valence-corrected chi connectivity index (χ4v) is 2.68. The number of carbonyl (C=O) groups is 4. The molecule has 1 unspecified atom stereocenters. The van der Waals surface area contributed by atoms with Crippen molar-refractivity contribution in [2.45, 2.75) is 18.9 Å². The normalized spacial score (nSPS) is 11.2. The fourth-order valence-electron chi connectivity index (χ4n) is 2.01. The molecule has 0 saturated carbocycles. The van der Waals surface area contributed by atoms with Crippen molar-refractivity contribution in [1.29, 1.82) is 0 Å². The molecular weight excluding hydrogens is 394 g/mol. The standard InChI is InChI=1S/C16H20N2O8S.2Li/c1-27(25,26)8-2-7-17-14(21)10-3-5-11(6-4-10)15(22)18-12(16(23)24)9-13(19)20;;/h3-6,12H,2,7-9H2,1H3,(H,17,21)(H,18,22)(H,19,20)(H,23,24);;/q;2*+1/p-2. The van der Waals surface area contributed by atoms with Crippen molar-refractivity contribution < 1.29 is 75.5 Å². The third-order valence-corrected chi connectivity index (χ3v) is 4.38. The first-order valence-electron chi connectivity index (χ1n) is 7.77. The largest absolute Gasteiger partial charge is 1.00 e. The molecule has 0 fully saturated rings. The van der Waals surface area contributed by atoms with E-state index in [9.17, 15) is 37.8 Å². The molecule has 0 radical (unpaired) electrons. The van der Waals surface area contributed by atoms with Gasteiger partial charge in [0.1, 0.15) is 9.84 Å². The second-order valence-corrected chi connectivity index (χ2v) is 8.00. The van der Waals surface area contributed by atoms with Gasteiger partial charge in [0.05, 0.1) is 17.8 Å². The van der Waals surface area contributed by atoms with E-state index in [2.05, 4.69) is 5.32 Å². The summed E-state index contributed by atoms with van der Waals surface area (Å²) >= 11 is 0. The Balaban J connectivity index is 0. The van der Waals surface area contributed by atoms with Crippen molar-refractivity contribution >= 4 is 33.6 Å². The predicted molar refractivity (Wildman–Crippen MR) is 89.0 cm³/mol. The molecule has 1 atom stereocenters. The minimum absolute atomic E-state index is 0. The van der Waals surface area contributed by atoms with Gasteiger partial charge in [0.25, 0.3) is 11.8 Å². The number of amides is 2. The molecule has 0 spiro atoms. The number of nitrogens with one attached hydrogen (secondary N) is 2. The van der Waals surface area contributed by atoms with Crippen LogP contribution in [-0.2, 0) is 19.4 Å². The van der Waals surface area contributed by atoms with Crippen molar-refractivity contribution in [2.24, 2.45) is 0 Å². The molecule has 0 aromatic heterocycles. The Bertz CT molecular complexity index is 828. The van der Waals surface area contributed by atoms with Crippen molar-refractivity contribution in [3.63, 3.8) is 0 Å². The molecule has 2 amide bonds. The first-order chi connectivity index (χ1) is 12.5. The average Bonchev–Trinajstić information content (AvgIpc) is 2.56. The SMILES string of the molecule is CS(=O)(=O)CCCNC(=O)c1ccc(C(=O)NC(CC(=O)[O-])C(=O)[O-])cc1.[Li+].[Li+]. The second-order valence-electron chi connectivity index (χ2n) is 5.74. The summed E-state index contributed by atoms with van der Waals surface area (Å²) in [6, 6.07) is 3.39. The number of aliphatic carboxylic acids is 2. The zero-order chi connectivity index (χ0) is 20.6. The van der Waals surface area contributed by atoms with Gasteiger partial charge < -0.3 is 30.4 Å². The molecule has 29 heavy (non-hydrogen) atoms. The summed E-state index contributed by atoms with van der Waals surface area (Å²) in [4.78, 5) is 45.2. The fraction of sp³-hybridized carbons (Fsp3) is 0.375. The van der Waals surface area contributed by atoms with Gasteiger partial charge in [-0.05, 0) is 30.7 Å². The Morgan fingerprint density at radius 2 is 1.45 bits per heavy atom. The second kappa shape index (κ2) is 13.5. The van der Waals surface area contributed by atoms with E-state index < -0.39 is 46.1 Å². The molecule has 13 heteroatoms. The average molecular weight is 412 g/mol. The van der Waals surface area contributed by atoms with E-state index in [1.807, 2.05) is 5.32 Å². The molecule has 0 heterocycles. The van der Waals surface area contributed by atoms with Crippen molar-refractivity contribution in [1.82, 2.24) is 10.6 Å². The number of carboxylic acid groups (broad SMARTS) is 2. The number of hydrogen-bond donors (Lipinski definition) is 2. The van der Waals surface area contributed by atoms with Crippen LogP contribution in [0.2, 0.25) is 0 Å². The first-order valence-corrected chi connectivity index (χ1v) is 9.83. The van der Waals surface area contributed by atoms with Crippen LogP contribution in [0.1, 0.15) is 33.6 Å². The van der Waals surface area contributed by atoms with Gasteiger partial charge in [0.15, 0.2) is 0 Å². The molecular formula is C16H18Li2N2O8S. The van der Waals surface area contributed by atoms with Crippen molar-refractivity contribution in [3.8, 4) is 0 Å². The van der Waals surface area contributed by atoms with E-state index in [0.717, 1.165) is 6.26 Å². The van der Waals surface area contributed by atoms with Gasteiger partial charge in [-0.1, -0.05) is 0 Å². The summed E-state index contributed by atoms with van der Waals surface area (Å²) in [5.74, 6) is -4.81. The van der Waals surface area contributed by atoms with Gasteiger partial charge in [0, 0.05) is 36.3 Å². The van der Waals surface area contributed by atoms with Crippen LogP contribution in [0.15, 0.2) is 24.3 Å². The summed E-state index contributed by atoms with van der Waals surface area (Å²) in [5.41, 5.74) is 0.213. The molecule has 10 nitrogen and oxygen atoms in total. The summed E-state index contributed by atoms with van der Waals surface area (Å²) in [6.45, 7) is 0.157. The number of carbonyl (C=O) groups excluding carboxylic acids is 4. The molecule has 0 saturated heterocycles. The third-order valence-electron chi connectivity index (χ3n) is 3.35. The van der Waals surface area contributed by atoms with Gasteiger partial charge >= 0.3 is 37.7 Å². The monoisotopic (exact) mass is 412 g/mol. The summed E-state index contributed by atoms with van der Waals surface area (Å²) < 4.78 is 22.0. The van der Waals surface area contributed by atoms with E-state index in [1.54, 1.807) is 0 Å². The van der Waals surface area contributed by atoms with E-state index in [1.165, 1.54) is 24.3 Å². The Hall–Kier alpha value is -1.76. The molecule has 0 aliphatic carbocycles. The summed E-state index contributed by atoms with van der Waals surface area (Å²) in [6.07, 6.45) is 0.409. The van der Waals surface area contributed by atoms with Crippen LogP contribution in [0, 0.1) is 0 Å². The van der Waals surface area contributed by atoms with E-state index >= 15 is 0 Å². The van der Waals surface area contributed by atoms with Crippen LogP contribution in [0.5, 0.6) is 0 Å². The number of rotatable bonds is 10. The van der Waals surface area contributed by atoms with Gasteiger partial charge in [0.2, 0.25) is 0 Å². The van der Waals surface area contributed by atoms with Crippen LogP contribution < -0.4 is 58.6 Å². The minimum atomic E-state index is -3.11. The Kier molecular flexibility index (Phi) is 13.7. The molecule has 0 aliphatic heterocycles. The zero-order valence-corrected chi connectivity index (χ0v) is 17.2. The molecule has 0 aliphatic rings. The Morgan fingerprint density at radius 3 is 1.86 bits per heavy atom. The molecule has 1 rings (SSSR count). The molecule has 2 N–H and O–H groups in total. The van der Waals surface area contributed by atoms with Crippen LogP contribution >= 0.6 is 0 Å². The van der Waals surface area contributed by atoms with Gasteiger partial charge in [-0.3, -0.25) is 9.59 Å². The Labute approximate surface area is 192 Å². The number of hydrogen-bond acceptors (Lipinski definition) is 8. The summed E-state index contributed by atoms with van der Waals surface area (Å²) in [7, 11) is -3.11. The molecule has 1 aromatic carbocycles. The third kappa shape index (κ3) is 11.7. The predicted octanol–water partition coefficient (Wildman–Crippen LogP) is -9.15. The minimum Gasteiger partial charge on any atom is -0.550 e. The smallest absolute Gasteiger partial charge is 0.550 e. The van der Waals surface area contributed by atoms with Gasteiger partial charge in [-0.2, -0.15) is 0 Å². The Morgan fingerprint density at radius 1 is 0.966 bits per heavy atom. The first kappa shape index (κ1) is 29.4. The van der Waals surface area contributed by atoms with Gasteiger partial charge in [-0.25, -0.2) is 8.42 Å². The maximum absolute atomic E-state index is 12.0. The molecule has 148 valence electrons. The molecule has 0 bridgehead atoms. The maximum Gasteiger partial charge on any atom is 1.00 e. The number of benzene rings is 1. The van der Waals surface area contributed by atoms with E-state index in [-0.39, 0.29) is 67.6 Å². The van der Waals surface area contributed by atoms with Crippen LogP contribution in [-0.4, -0.2) is 56.8 Å². The van der Waals surface area contributed by atoms with Crippen LogP contribution in [0.25, 0.3) is 0 Å². The number of carboxylic acids is 2. The summed E-state index contributed by atoms with van der Waals surface area (Å²) in [5, 5.41) is 25.8. The van der Waals surface area contributed by atoms with Crippen molar-refractivity contribution in [2.75, 3.05) is 18.6 Å². The topological polar surface area (TPSA) is 173 Å². The zero-order valence-electron chi connectivity index (χ0n) is 16.4. The quantitative estimate of drug-likeness (QED) is 0.282.